The van der Waals surface area contributed by atoms with Gasteiger partial charge in [-0.15, -0.1) is 0 Å². The summed E-state index contributed by atoms with van der Waals surface area (Å²) >= 11 is 0. The first kappa shape index (κ1) is 19.8. The van der Waals surface area contributed by atoms with Crippen molar-refractivity contribution in [2.75, 3.05) is 26.2 Å². The molecule has 0 aromatic heterocycles. The number of rotatable bonds is 6. The van der Waals surface area contributed by atoms with E-state index in [1.807, 2.05) is 4.90 Å². The Labute approximate surface area is 153 Å². The Hall–Kier alpha value is -2.57. The number of likely N-dealkylation sites (tertiary alicyclic amines) is 1. The van der Waals surface area contributed by atoms with Crippen molar-refractivity contribution in [2.45, 2.75) is 33.6 Å². The van der Waals surface area contributed by atoms with Crippen molar-refractivity contribution in [2.24, 2.45) is 5.92 Å². The van der Waals surface area contributed by atoms with Gasteiger partial charge in [0.1, 0.15) is 5.75 Å². The second-order valence-electron chi connectivity index (χ2n) is 6.79. The summed E-state index contributed by atoms with van der Waals surface area (Å²) in [6.07, 6.45) is 1.73. The fraction of sp³-hybridized carbons (Fsp3) is 0.526. The highest BCUT2D eigenvalue weighted by atomic mass is 16.5. The number of aryl methyl sites for hydroxylation is 2. The Morgan fingerprint density at radius 3 is 2.27 bits per heavy atom. The number of nitrogens with zero attached hydrogens (tertiary/aromatic N) is 1. The molecule has 142 valence electrons. The summed E-state index contributed by atoms with van der Waals surface area (Å²) in [6, 6.07) is 3.49. The van der Waals surface area contributed by atoms with Crippen molar-refractivity contribution in [3.8, 4) is 5.75 Å². The van der Waals surface area contributed by atoms with Gasteiger partial charge in [0.25, 0.3) is 5.91 Å². The molecular weight excluding hydrogens is 336 g/mol. The molecule has 0 atom stereocenters. The molecule has 1 aliphatic heterocycles. The molecule has 7 heteroatoms. The number of ether oxygens (including phenoxy) is 1. The van der Waals surface area contributed by atoms with Crippen molar-refractivity contribution in [3.63, 3.8) is 0 Å². The van der Waals surface area contributed by atoms with Crippen LogP contribution < -0.4 is 10.1 Å². The molecule has 1 saturated heterocycles. The van der Waals surface area contributed by atoms with E-state index in [0.717, 1.165) is 24.0 Å². The van der Waals surface area contributed by atoms with Crippen molar-refractivity contribution < 1.29 is 24.2 Å². The number of benzene rings is 1. The SMILES string of the molecule is CC(=O)NCC1CCN(C(=O)c2cc(C)c(OCC(=O)O)c(C)c2)CC1. The van der Waals surface area contributed by atoms with Crippen LogP contribution in [0.2, 0.25) is 0 Å². The molecule has 2 N–H and O–H groups in total. The second kappa shape index (κ2) is 8.69. The molecule has 0 spiro atoms. The van der Waals surface area contributed by atoms with E-state index < -0.39 is 12.6 Å². The van der Waals surface area contributed by atoms with Crippen LogP contribution in [-0.2, 0) is 9.59 Å². The lowest BCUT2D eigenvalue weighted by atomic mass is 9.96. The Kier molecular flexibility index (Phi) is 6.60. The van der Waals surface area contributed by atoms with Crippen molar-refractivity contribution in [1.82, 2.24) is 10.2 Å². The van der Waals surface area contributed by atoms with Crippen LogP contribution in [-0.4, -0.2) is 54.0 Å². The van der Waals surface area contributed by atoms with E-state index in [1.54, 1.807) is 26.0 Å². The highest BCUT2D eigenvalue weighted by Crippen LogP contribution is 2.26. The van der Waals surface area contributed by atoms with Crippen LogP contribution in [0, 0.1) is 19.8 Å². The molecule has 2 amide bonds. The summed E-state index contributed by atoms with van der Waals surface area (Å²) in [6.45, 7) is 6.70. The third kappa shape index (κ3) is 5.21. The summed E-state index contributed by atoms with van der Waals surface area (Å²) in [5.41, 5.74) is 2.08. The smallest absolute Gasteiger partial charge is 0.341 e. The molecule has 0 bridgehead atoms. The first-order chi connectivity index (χ1) is 12.3. The van der Waals surface area contributed by atoms with Gasteiger partial charge in [0.2, 0.25) is 5.91 Å². The van der Waals surface area contributed by atoms with Crippen LogP contribution in [0.3, 0.4) is 0 Å². The number of nitrogens with one attached hydrogen (secondary N) is 1. The highest BCUT2D eigenvalue weighted by Gasteiger charge is 2.24. The number of hydrogen-bond acceptors (Lipinski definition) is 4. The summed E-state index contributed by atoms with van der Waals surface area (Å²) < 4.78 is 5.31. The van der Waals surface area contributed by atoms with Gasteiger partial charge in [-0.25, -0.2) is 4.79 Å². The minimum Gasteiger partial charge on any atom is -0.481 e. The Bertz CT molecular complexity index is 670. The summed E-state index contributed by atoms with van der Waals surface area (Å²) in [4.78, 5) is 36.3. The van der Waals surface area contributed by atoms with E-state index in [2.05, 4.69) is 5.32 Å². The average Bonchev–Trinajstić information content (AvgIpc) is 2.58. The van der Waals surface area contributed by atoms with Crippen LogP contribution in [0.5, 0.6) is 5.75 Å². The summed E-state index contributed by atoms with van der Waals surface area (Å²) in [5.74, 6) is -0.180. The number of carbonyl (C=O) groups excluding carboxylic acids is 2. The number of piperidine rings is 1. The van der Waals surface area contributed by atoms with Gasteiger partial charge in [-0.1, -0.05) is 0 Å². The maximum atomic E-state index is 12.8. The summed E-state index contributed by atoms with van der Waals surface area (Å²) in [7, 11) is 0. The number of carboxylic acid groups (broad SMARTS) is 1. The van der Waals surface area contributed by atoms with Gasteiger partial charge >= 0.3 is 5.97 Å². The minimum atomic E-state index is -1.04. The average molecular weight is 362 g/mol. The van der Waals surface area contributed by atoms with Crippen molar-refractivity contribution in [3.05, 3.63) is 28.8 Å². The van der Waals surface area contributed by atoms with Crippen molar-refractivity contribution >= 4 is 17.8 Å². The van der Waals surface area contributed by atoms with Gasteiger partial charge in [0.15, 0.2) is 6.61 Å². The molecule has 1 fully saturated rings. The highest BCUT2D eigenvalue weighted by molar-refractivity contribution is 5.95. The molecule has 1 aliphatic rings. The van der Waals surface area contributed by atoms with E-state index in [1.165, 1.54) is 6.92 Å². The predicted octanol–water partition coefficient (Wildman–Crippen LogP) is 1.76. The first-order valence-corrected chi connectivity index (χ1v) is 8.77. The minimum absolute atomic E-state index is 0.0281. The van der Waals surface area contributed by atoms with E-state index in [9.17, 15) is 14.4 Å². The number of aliphatic carboxylic acids is 1. The van der Waals surface area contributed by atoms with Gasteiger partial charge in [-0.3, -0.25) is 9.59 Å². The van der Waals surface area contributed by atoms with Gasteiger partial charge in [0.05, 0.1) is 0 Å². The molecule has 2 rings (SSSR count). The molecule has 0 aliphatic carbocycles. The molecule has 0 radical (unpaired) electrons. The topological polar surface area (TPSA) is 95.9 Å². The normalized spacial score (nSPS) is 14.8. The molecule has 1 heterocycles. The molecular formula is C19H26N2O5. The fourth-order valence-corrected chi connectivity index (χ4v) is 3.25. The van der Waals surface area contributed by atoms with Crippen LogP contribution in [0.15, 0.2) is 12.1 Å². The zero-order valence-corrected chi connectivity index (χ0v) is 15.5. The maximum Gasteiger partial charge on any atom is 0.341 e. The standard InChI is InChI=1S/C19H26N2O5/c1-12-8-16(9-13(2)18(12)26-11-17(23)24)19(25)21-6-4-15(5-7-21)10-20-14(3)22/h8-9,15H,4-7,10-11H2,1-3H3,(H,20,22)(H,23,24). The van der Waals surface area contributed by atoms with Gasteiger partial charge in [-0.2, -0.15) is 0 Å². The third-order valence-electron chi connectivity index (χ3n) is 4.59. The number of hydrogen-bond donors (Lipinski definition) is 2. The Morgan fingerprint density at radius 2 is 1.77 bits per heavy atom. The number of amides is 2. The molecule has 26 heavy (non-hydrogen) atoms. The first-order valence-electron chi connectivity index (χ1n) is 8.77. The fourth-order valence-electron chi connectivity index (χ4n) is 3.25. The van der Waals surface area contributed by atoms with Crippen molar-refractivity contribution in [1.29, 1.82) is 0 Å². The van der Waals surface area contributed by atoms with E-state index >= 15 is 0 Å². The molecule has 7 nitrogen and oxygen atoms in total. The number of carbonyl (C=O) groups is 3. The lowest BCUT2D eigenvalue weighted by molar-refractivity contribution is -0.139. The molecule has 0 unspecified atom stereocenters. The molecule has 1 aromatic rings. The molecule has 0 saturated carbocycles. The lowest BCUT2D eigenvalue weighted by Gasteiger charge is -2.32. The van der Waals surface area contributed by atoms with Crippen LogP contribution in [0.4, 0.5) is 0 Å². The Morgan fingerprint density at radius 1 is 1.19 bits per heavy atom. The zero-order chi connectivity index (χ0) is 19.3. The largest absolute Gasteiger partial charge is 0.481 e. The summed E-state index contributed by atoms with van der Waals surface area (Å²) in [5, 5.41) is 11.6. The van der Waals surface area contributed by atoms with Gasteiger partial charge < -0.3 is 20.1 Å². The second-order valence-corrected chi connectivity index (χ2v) is 6.79. The number of carboxylic acids is 1. The predicted molar refractivity (Wildman–Crippen MR) is 96.4 cm³/mol. The van der Waals surface area contributed by atoms with E-state index in [4.69, 9.17) is 9.84 Å². The van der Waals surface area contributed by atoms with Crippen LogP contribution >= 0.6 is 0 Å². The zero-order valence-electron chi connectivity index (χ0n) is 15.5. The molecule has 1 aromatic carbocycles. The van der Waals surface area contributed by atoms with Gasteiger partial charge in [0, 0.05) is 32.1 Å². The van der Waals surface area contributed by atoms with Gasteiger partial charge in [-0.05, 0) is 55.9 Å². The van der Waals surface area contributed by atoms with Crippen LogP contribution in [0.1, 0.15) is 41.3 Å². The van der Waals surface area contributed by atoms with Crippen LogP contribution in [0.25, 0.3) is 0 Å². The quantitative estimate of drug-likeness (QED) is 0.804. The lowest BCUT2D eigenvalue weighted by Crippen LogP contribution is -2.41. The maximum absolute atomic E-state index is 12.8. The Balaban J connectivity index is 1.99. The monoisotopic (exact) mass is 362 g/mol. The van der Waals surface area contributed by atoms with E-state index in [0.29, 0.717) is 36.9 Å². The van der Waals surface area contributed by atoms with E-state index in [-0.39, 0.29) is 11.8 Å². The third-order valence-corrected chi connectivity index (χ3v) is 4.59.